The highest BCUT2D eigenvalue weighted by atomic mass is 16.6. The van der Waals surface area contributed by atoms with E-state index in [2.05, 4.69) is 86.6 Å². The summed E-state index contributed by atoms with van der Waals surface area (Å²) in [6.07, 6.45) is 23.2. The Kier molecular flexibility index (Phi) is 14.0. The molecule has 0 amide bonds. The van der Waals surface area contributed by atoms with Crippen LogP contribution in [0.25, 0.3) is 0 Å². The fourth-order valence-electron chi connectivity index (χ4n) is 4.27. The number of epoxide rings is 1. The quantitative estimate of drug-likeness (QED) is 0.167. The Bertz CT molecular complexity index is 734. The van der Waals surface area contributed by atoms with Crippen LogP contribution in [0.2, 0.25) is 0 Å². The van der Waals surface area contributed by atoms with Crippen molar-refractivity contribution in [2.75, 3.05) is 0 Å². The van der Waals surface area contributed by atoms with E-state index in [-0.39, 0.29) is 5.60 Å². The average molecular weight is 455 g/mol. The summed E-state index contributed by atoms with van der Waals surface area (Å²) in [6, 6.07) is 0. The highest BCUT2D eigenvalue weighted by Crippen LogP contribution is 2.39. The van der Waals surface area contributed by atoms with E-state index in [4.69, 9.17) is 4.74 Å². The Morgan fingerprint density at radius 1 is 0.667 bits per heavy atom. The maximum absolute atomic E-state index is 5.70. The predicted molar refractivity (Wildman–Crippen MR) is 149 cm³/mol. The molecule has 1 aliphatic heterocycles. The van der Waals surface area contributed by atoms with Crippen molar-refractivity contribution in [3.63, 3.8) is 0 Å². The van der Waals surface area contributed by atoms with Crippen LogP contribution in [0.3, 0.4) is 0 Å². The molecular formula is C32H54O. The van der Waals surface area contributed by atoms with Crippen molar-refractivity contribution >= 4 is 0 Å². The van der Waals surface area contributed by atoms with Gasteiger partial charge in [-0.25, -0.2) is 0 Å². The lowest BCUT2D eigenvalue weighted by molar-refractivity contribution is 0.320. The molecule has 1 saturated heterocycles. The standard InChI is InChI=1S/C32H54O/c1-10-30(21-13-18-27(5)23-24-31-32(8,9)33-31)22-14-20-29(7)28(6)19-12-17-26(4)16-11-15-25(2)3/h15,17-18,22,31H,10-14,16,19-21,23-24H2,1-9H3/b26-17+,27-18+,29-28+,30-22+. The lowest BCUT2D eigenvalue weighted by Crippen LogP contribution is -2.02. The Morgan fingerprint density at radius 2 is 1.15 bits per heavy atom. The van der Waals surface area contributed by atoms with Crippen molar-refractivity contribution in [1.29, 1.82) is 0 Å². The Morgan fingerprint density at radius 3 is 1.67 bits per heavy atom. The SMILES string of the molecule is CC/C(=C\CC/C(C)=C(\C)CC/C=C(\C)CCC=C(C)C)CC/C=C(\C)CCC1OC1(C)C. The van der Waals surface area contributed by atoms with E-state index >= 15 is 0 Å². The molecule has 0 aromatic carbocycles. The van der Waals surface area contributed by atoms with Crippen LogP contribution in [-0.2, 0) is 4.74 Å². The van der Waals surface area contributed by atoms with Gasteiger partial charge in [0.2, 0.25) is 0 Å². The maximum Gasteiger partial charge on any atom is 0.0892 e. The molecule has 0 aromatic rings. The average Bonchev–Trinajstić information content (AvgIpc) is 3.36. The molecule has 1 rings (SSSR count). The van der Waals surface area contributed by atoms with E-state index in [0.717, 1.165) is 0 Å². The van der Waals surface area contributed by atoms with E-state index in [9.17, 15) is 0 Å². The van der Waals surface area contributed by atoms with Gasteiger partial charge >= 0.3 is 0 Å². The summed E-state index contributed by atoms with van der Waals surface area (Å²) >= 11 is 0. The van der Waals surface area contributed by atoms with Crippen LogP contribution in [0, 0.1) is 0 Å². The van der Waals surface area contributed by atoms with Crippen molar-refractivity contribution in [2.45, 2.75) is 145 Å². The molecule has 0 bridgehead atoms. The largest absolute Gasteiger partial charge is 0.367 e. The van der Waals surface area contributed by atoms with Gasteiger partial charge in [0.15, 0.2) is 0 Å². The van der Waals surface area contributed by atoms with Gasteiger partial charge in [0.25, 0.3) is 0 Å². The lowest BCUT2D eigenvalue weighted by Gasteiger charge is -2.08. The third-order valence-electron chi connectivity index (χ3n) is 7.16. The van der Waals surface area contributed by atoms with Gasteiger partial charge in [-0.1, -0.05) is 64.7 Å². The van der Waals surface area contributed by atoms with Crippen LogP contribution in [0.4, 0.5) is 0 Å². The number of ether oxygens (including phenoxy) is 1. The molecule has 1 atom stereocenters. The van der Waals surface area contributed by atoms with Gasteiger partial charge in [0.1, 0.15) is 0 Å². The molecule has 188 valence electrons. The van der Waals surface area contributed by atoms with Crippen LogP contribution in [0.15, 0.2) is 57.7 Å². The van der Waals surface area contributed by atoms with E-state index in [0.29, 0.717) is 6.10 Å². The molecule has 0 aliphatic carbocycles. The van der Waals surface area contributed by atoms with Gasteiger partial charge in [-0.05, 0) is 126 Å². The minimum absolute atomic E-state index is 0.129. The zero-order chi connectivity index (χ0) is 24.9. The number of hydrogen-bond acceptors (Lipinski definition) is 1. The molecule has 0 radical (unpaired) electrons. The second kappa shape index (κ2) is 15.5. The third kappa shape index (κ3) is 13.8. The second-order valence-corrected chi connectivity index (χ2v) is 11.1. The normalized spacial score (nSPS) is 19.4. The van der Waals surface area contributed by atoms with Crippen molar-refractivity contribution in [1.82, 2.24) is 0 Å². The Balaban J connectivity index is 2.33. The molecule has 1 heterocycles. The van der Waals surface area contributed by atoms with E-state index < -0.39 is 0 Å². The molecule has 1 heteroatoms. The minimum Gasteiger partial charge on any atom is -0.367 e. The second-order valence-electron chi connectivity index (χ2n) is 11.1. The van der Waals surface area contributed by atoms with Crippen molar-refractivity contribution in [3.8, 4) is 0 Å². The summed E-state index contributed by atoms with van der Waals surface area (Å²) in [5, 5.41) is 0. The summed E-state index contributed by atoms with van der Waals surface area (Å²) in [7, 11) is 0. The number of rotatable bonds is 16. The first-order valence-electron chi connectivity index (χ1n) is 13.5. The molecule has 1 nitrogen and oxygen atoms in total. The third-order valence-corrected chi connectivity index (χ3v) is 7.16. The maximum atomic E-state index is 5.70. The topological polar surface area (TPSA) is 12.5 Å². The summed E-state index contributed by atoms with van der Waals surface area (Å²) < 4.78 is 5.70. The molecule has 0 saturated carbocycles. The van der Waals surface area contributed by atoms with Crippen LogP contribution in [-0.4, -0.2) is 11.7 Å². The first-order chi connectivity index (χ1) is 15.5. The number of allylic oxidation sites excluding steroid dienone is 10. The summed E-state index contributed by atoms with van der Waals surface area (Å²) in [4.78, 5) is 0. The van der Waals surface area contributed by atoms with Gasteiger partial charge in [-0.3, -0.25) is 0 Å². The minimum atomic E-state index is 0.129. The molecule has 33 heavy (non-hydrogen) atoms. The smallest absolute Gasteiger partial charge is 0.0892 e. The molecule has 0 N–H and O–H groups in total. The first kappa shape index (κ1) is 29.7. The zero-order valence-electron chi connectivity index (χ0n) is 23.6. The monoisotopic (exact) mass is 454 g/mol. The zero-order valence-corrected chi connectivity index (χ0v) is 23.6. The van der Waals surface area contributed by atoms with E-state index in [1.807, 2.05) is 0 Å². The fraction of sp³-hybridized carbons (Fsp3) is 0.688. The van der Waals surface area contributed by atoms with Gasteiger partial charge in [-0.15, -0.1) is 0 Å². The Hall–Kier alpha value is -1.34. The lowest BCUT2D eigenvalue weighted by atomic mass is 9.98. The first-order valence-corrected chi connectivity index (χ1v) is 13.5. The van der Waals surface area contributed by atoms with Crippen molar-refractivity contribution in [3.05, 3.63) is 57.7 Å². The predicted octanol–water partition coefficient (Wildman–Crippen LogP) is 10.6. The molecular weight excluding hydrogens is 400 g/mol. The van der Waals surface area contributed by atoms with Crippen molar-refractivity contribution < 1.29 is 4.74 Å². The van der Waals surface area contributed by atoms with Gasteiger partial charge in [0, 0.05) is 0 Å². The summed E-state index contributed by atoms with van der Waals surface area (Å²) in [5.41, 5.74) is 9.38. The van der Waals surface area contributed by atoms with Crippen LogP contribution >= 0.6 is 0 Å². The van der Waals surface area contributed by atoms with Crippen LogP contribution in [0.5, 0.6) is 0 Å². The summed E-state index contributed by atoms with van der Waals surface area (Å²) in [5.74, 6) is 0. The fourth-order valence-corrected chi connectivity index (χ4v) is 4.27. The number of hydrogen-bond donors (Lipinski definition) is 0. The highest BCUT2D eigenvalue weighted by Gasteiger charge is 2.46. The van der Waals surface area contributed by atoms with E-state index in [1.54, 1.807) is 16.7 Å². The van der Waals surface area contributed by atoms with Gasteiger partial charge in [-0.2, -0.15) is 0 Å². The van der Waals surface area contributed by atoms with Gasteiger partial charge in [0.05, 0.1) is 11.7 Å². The highest BCUT2D eigenvalue weighted by molar-refractivity contribution is 5.13. The molecule has 1 fully saturated rings. The molecule has 0 aromatic heterocycles. The van der Waals surface area contributed by atoms with E-state index in [1.165, 1.54) is 87.3 Å². The summed E-state index contributed by atoms with van der Waals surface area (Å²) in [6.45, 7) is 20.3. The molecule has 1 aliphatic rings. The van der Waals surface area contributed by atoms with Crippen LogP contribution in [0.1, 0.15) is 133 Å². The van der Waals surface area contributed by atoms with Gasteiger partial charge < -0.3 is 4.74 Å². The van der Waals surface area contributed by atoms with Crippen molar-refractivity contribution in [2.24, 2.45) is 0 Å². The molecule has 1 unspecified atom stereocenters. The molecule has 0 spiro atoms. The Labute approximate surface area is 207 Å². The van der Waals surface area contributed by atoms with Crippen LogP contribution < -0.4 is 0 Å².